The van der Waals surface area contributed by atoms with Crippen molar-refractivity contribution in [1.82, 2.24) is 9.55 Å². The number of nitrogens with zero attached hydrogens (tertiary/aromatic N) is 2. The lowest BCUT2D eigenvalue weighted by Gasteiger charge is -2.11. The van der Waals surface area contributed by atoms with Crippen LogP contribution in [0.5, 0.6) is 0 Å². The van der Waals surface area contributed by atoms with Crippen LogP contribution in [0.15, 0.2) is 53.7 Å². The van der Waals surface area contributed by atoms with Crippen LogP contribution in [0.2, 0.25) is 5.02 Å². The maximum atomic E-state index is 11.4. The molecule has 0 saturated carbocycles. The van der Waals surface area contributed by atoms with E-state index in [4.69, 9.17) is 17.3 Å². The minimum atomic E-state index is -0.355. The number of amides is 1. The number of thioether (sulfide) groups is 1. The molecule has 2 aromatic carbocycles. The van der Waals surface area contributed by atoms with Gasteiger partial charge in [0.05, 0.1) is 22.8 Å². The SMILES string of the molecule is CC(Sc1nc2cc(Cl)ccc2n1Cc1ccccc1)C(N)=O. The Morgan fingerprint density at radius 2 is 2.04 bits per heavy atom. The molecule has 118 valence electrons. The van der Waals surface area contributed by atoms with Crippen molar-refractivity contribution < 1.29 is 4.79 Å². The van der Waals surface area contributed by atoms with Gasteiger partial charge in [0.1, 0.15) is 0 Å². The second-order valence-corrected chi connectivity index (χ2v) is 7.01. The summed E-state index contributed by atoms with van der Waals surface area (Å²) < 4.78 is 2.09. The van der Waals surface area contributed by atoms with E-state index in [-0.39, 0.29) is 11.2 Å². The van der Waals surface area contributed by atoms with Crippen molar-refractivity contribution in [2.75, 3.05) is 0 Å². The molecule has 0 spiro atoms. The quantitative estimate of drug-likeness (QED) is 0.717. The lowest BCUT2D eigenvalue weighted by Crippen LogP contribution is -2.23. The molecule has 1 unspecified atom stereocenters. The van der Waals surface area contributed by atoms with E-state index >= 15 is 0 Å². The Morgan fingerprint density at radius 3 is 2.74 bits per heavy atom. The van der Waals surface area contributed by atoms with Crippen molar-refractivity contribution in [2.45, 2.75) is 23.9 Å². The molecule has 2 N–H and O–H groups in total. The van der Waals surface area contributed by atoms with Gasteiger partial charge in [0.2, 0.25) is 5.91 Å². The van der Waals surface area contributed by atoms with Gasteiger partial charge in [-0.2, -0.15) is 0 Å². The molecule has 0 aliphatic heterocycles. The number of benzene rings is 2. The van der Waals surface area contributed by atoms with Gasteiger partial charge in [-0.25, -0.2) is 4.98 Å². The number of halogens is 1. The van der Waals surface area contributed by atoms with E-state index in [1.165, 1.54) is 11.8 Å². The lowest BCUT2D eigenvalue weighted by atomic mass is 10.2. The highest BCUT2D eigenvalue weighted by Crippen LogP contribution is 2.29. The molecular formula is C17H16ClN3OS. The highest BCUT2D eigenvalue weighted by molar-refractivity contribution is 8.00. The third-order valence-electron chi connectivity index (χ3n) is 3.54. The summed E-state index contributed by atoms with van der Waals surface area (Å²) in [5.41, 5.74) is 8.35. The number of carbonyl (C=O) groups is 1. The first-order valence-electron chi connectivity index (χ1n) is 7.20. The molecule has 0 bridgehead atoms. The summed E-state index contributed by atoms with van der Waals surface area (Å²) in [6.45, 7) is 2.46. The maximum Gasteiger partial charge on any atom is 0.230 e. The van der Waals surface area contributed by atoms with Gasteiger partial charge in [0, 0.05) is 5.02 Å². The van der Waals surface area contributed by atoms with Crippen molar-refractivity contribution >= 4 is 40.3 Å². The molecule has 0 saturated heterocycles. The normalized spacial score (nSPS) is 12.4. The van der Waals surface area contributed by atoms with Gasteiger partial charge < -0.3 is 10.3 Å². The average molecular weight is 346 g/mol. The monoisotopic (exact) mass is 345 g/mol. The summed E-state index contributed by atoms with van der Waals surface area (Å²) >= 11 is 7.43. The molecule has 6 heteroatoms. The highest BCUT2D eigenvalue weighted by atomic mass is 35.5. The molecule has 1 heterocycles. The predicted molar refractivity (Wildman–Crippen MR) is 94.8 cm³/mol. The summed E-state index contributed by atoms with van der Waals surface area (Å²) in [5, 5.41) is 1.05. The first kappa shape index (κ1) is 15.9. The molecule has 1 amide bonds. The Morgan fingerprint density at radius 1 is 1.30 bits per heavy atom. The van der Waals surface area contributed by atoms with Crippen molar-refractivity contribution in [1.29, 1.82) is 0 Å². The van der Waals surface area contributed by atoms with Crippen LogP contribution in [0.25, 0.3) is 11.0 Å². The number of rotatable bonds is 5. The maximum absolute atomic E-state index is 11.4. The second-order valence-electron chi connectivity index (χ2n) is 5.26. The van der Waals surface area contributed by atoms with Gasteiger partial charge in [-0.15, -0.1) is 0 Å². The van der Waals surface area contributed by atoms with Crippen LogP contribution in [0.1, 0.15) is 12.5 Å². The Bertz CT molecular complexity index is 848. The third kappa shape index (κ3) is 3.51. The van der Waals surface area contributed by atoms with E-state index in [9.17, 15) is 4.79 Å². The van der Waals surface area contributed by atoms with E-state index < -0.39 is 0 Å². The summed E-state index contributed by atoms with van der Waals surface area (Å²) in [7, 11) is 0. The standard InChI is InChI=1S/C17H16ClN3OS/c1-11(16(19)22)23-17-20-14-9-13(18)7-8-15(14)21(17)10-12-5-3-2-4-6-12/h2-9,11H,10H2,1H3,(H2,19,22). The number of fused-ring (bicyclic) bond motifs is 1. The van der Waals surface area contributed by atoms with Crippen molar-refractivity contribution in [2.24, 2.45) is 5.73 Å². The topological polar surface area (TPSA) is 60.9 Å². The Balaban J connectivity index is 2.06. The zero-order valence-electron chi connectivity index (χ0n) is 12.6. The Hall–Kier alpha value is -1.98. The van der Waals surface area contributed by atoms with Gasteiger partial charge in [0.15, 0.2) is 5.16 Å². The fraction of sp³-hybridized carbons (Fsp3) is 0.176. The molecular weight excluding hydrogens is 330 g/mol. The molecule has 0 aliphatic carbocycles. The van der Waals surface area contributed by atoms with E-state index in [0.717, 1.165) is 21.8 Å². The molecule has 1 atom stereocenters. The summed E-state index contributed by atoms with van der Waals surface area (Å²) in [6.07, 6.45) is 0. The number of nitrogens with two attached hydrogens (primary N) is 1. The zero-order valence-corrected chi connectivity index (χ0v) is 14.1. The van der Waals surface area contributed by atoms with E-state index in [1.54, 1.807) is 6.92 Å². The number of hydrogen-bond acceptors (Lipinski definition) is 3. The van der Waals surface area contributed by atoms with Gasteiger partial charge >= 0.3 is 0 Å². The van der Waals surface area contributed by atoms with E-state index in [1.807, 2.05) is 36.4 Å². The smallest absolute Gasteiger partial charge is 0.230 e. The Kier molecular flexibility index (Phi) is 4.59. The van der Waals surface area contributed by atoms with Crippen molar-refractivity contribution in [3.63, 3.8) is 0 Å². The van der Waals surface area contributed by atoms with Crippen molar-refractivity contribution in [3.05, 3.63) is 59.1 Å². The molecule has 23 heavy (non-hydrogen) atoms. The number of aromatic nitrogens is 2. The van der Waals surface area contributed by atoms with Gasteiger partial charge in [-0.1, -0.05) is 53.7 Å². The van der Waals surface area contributed by atoms with Gasteiger partial charge in [-0.05, 0) is 30.7 Å². The number of carbonyl (C=O) groups excluding carboxylic acids is 1. The molecule has 0 radical (unpaired) electrons. The zero-order chi connectivity index (χ0) is 16.4. The van der Waals surface area contributed by atoms with E-state index in [2.05, 4.69) is 21.7 Å². The van der Waals surface area contributed by atoms with Gasteiger partial charge in [0.25, 0.3) is 0 Å². The van der Waals surface area contributed by atoms with E-state index in [0.29, 0.717) is 11.6 Å². The molecule has 0 fully saturated rings. The number of imidazole rings is 1. The molecule has 4 nitrogen and oxygen atoms in total. The van der Waals surface area contributed by atoms with Crippen LogP contribution in [0, 0.1) is 0 Å². The molecule has 1 aromatic heterocycles. The minimum Gasteiger partial charge on any atom is -0.369 e. The first-order valence-corrected chi connectivity index (χ1v) is 8.46. The fourth-order valence-electron chi connectivity index (χ4n) is 2.31. The third-order valence-corrected chi connectivity index (χ3v) is 4.89. The van der Waals surface area contributed by atoms with Crippen LogP contribution in [0.4, 0.5) is 0 Å². The largest absolute Gasteiger partial charge is 0.369 e. The van der Waals surface area contributed by atoms with Crippen LogP contribution < -0.4 is 5.73 Å². The summed E-state index contributed by atoms with van der Waals surface area (Å²) in [6, 6.07) is 15.7. The molecule has 3 rings (SSSR count). The Labute approximate surface area is 143 Å². The minimum absolute atomic E-state index is 0.350. The van der Waals surface area contributed by atoms with Crippen LogP contribution in [-0.2, 0) is 11.3 Å². The van der Waals surface area contributed by atoms with Gasteiger partial charge in [-0.3, -0.25) is 4.79 Å². The average Bonchev–Trinajstić information content (AvgIpc) is 2.85. The molecule has 0 aliphatic rings. The lowest BCUT2D eigenvalue weighted by molar-refractivity contribution is -0.117. The fourth-order valence-corrected chi connectivity index (χ4v) is 3.35. The summed E-state index contributed by atoms with van der Waals surface area (Å²) in [4.78, 5) is 16.0. The number of hydrogen-bond donors (Lipinski definition) is 1. The second kappa shape index (κ2) is 6.64. The van der Waals surface area contributed by atoms with Crippen LogP contribution in [-0.4, -0.2) is 20.7 Å². The highest BCUT2D eigenvalue weighted by Gasteiger charge is 2.18. The van der Waals surface area contributed by atoms with Crippen molar-refractivity contribution in [3.8, 4) is 0 Å². The summed E-state index contributed by atoms with van der Waals surface area (Å²) in [5.74, 6) is -0.355. The first-order chi connectivity index (χ1) is 11.0. The number of primary amides is 1. The molecule has 3 aromatic rings. The van der Waals surface area contributed by atoms with Crippen LogP contribution in [0.3, 0.4) is 0 Å². The van der Waals surface area contributed by atoms with Crippen LogP contribution >= 0.6 is 23.4 Å². The predicted octanol–water partition coefficient (Wildman–Crippen LogP) is 3.70.